The van der Waals surface area contributed by atoms with Crippen LogP contribution in [-0.4, -0.2) is 67.8 Å². The van der Waals surface area contributed by atoms with Gasteiger partial charge in [0.25, 0.3) is 11.5 Å². The summed E-state index contributed by atoms with van der Waals surface area (Å²) in [5.41, 5.74) is 4.71. The third kappa shape index (κ3) is 6.25. The van der Waals surface area contributed by atoms with Crippen molar-refractivity contribution in [2.75, 3.05) is 25.5 Å². The number of rotatable bonds is 8. The van der Waals surface area contributed by atoms with Crippen molar-refractivity contribution in [2.24, 2.45) is 7.05 Å². The molecule has 1 aliphatic carbocycles. The molecule has 7 rings (SSSR count). The maximum atomic E-state index is 13.4. The van der Waals surface area contributed by atoms with Crippen molar-refractivity contribution in [2.45, 2.75) is 70.2 Å². The topological polar surface area (TPSA) is 148 Å². The molecule has 2 fully saturated rings. The first kappa shape index (κ1) is 34.7. The average molecular weight is 713 g/mol. The first-order chi connectivity index (χ1) is 24.4. The van der Waals surface area contributed by atoms with Crippen molar-refractivity contribution in [3.63, 3.8) is 0 Å². The lowest BCUT2D eigenvalue weighted by Gasteiger charge is -2.28. The van der Waals surface area contributed by atoms with Crippen molar-refractivity contribution in [1.29, 1.82) is 0 Å². The van der Waals surface area contributed by atoms with E-state index < -0.39 is 23.3 Å². The minimum absolute atomic E-state index is 0.0674. The molecule has 0 unspecified atom stereocenters. The van der Waals surface area contributed by atoms with Crippen molar-refractivity contribution in [1.82, 2.24) is 24.3 Å². The van der Waals surface area contributed by atoms with Gasteiger partial charge in [0.1, 0.15) is 5.56 Å². The number of ether oxygens (including phenoxy) is 1. The molecule has 3 atom stereocenters. The number of aliphatic hydroxyl groups is 1. The molecule has 4 heterocycles. The number of methoxy groups -OCH3 is 1. The molecule has 2 aliphatic heterocycles. The predicted molar refractivity (Wildman–Crippen MR) is 194 cm³/mol. The van der Waals surface area contributed by atoms with Gasteiger partial charge >= 0.3 is 5.69 Å². The largest absolute Gasteiger partial charge is 0.481 e. The van der Waals surface area contributed by atoms with E-state index in [1.165, 1.54) is 25.7 Å². The maximum Gasteiger partial charge on any atom is 0.330 e. The van der Waals surface area contributed by atoms with Crippen molar-refractivity contribution in [3.05, 3.63) is 96.8 Å². The molecule has 266 valence electrons. The molecular weight excluding hydrogens is 672 g/mol. The highest BCUT2D eigenvalue weighted by Crippen LogP contribution is 2.47. The lowest BCUT2D eigenvalue weighted by atomic mass is 9.96. The number of nitrogens with one attached hydrogen (secondary N) is 2. The number of benzene rings is 2. The Morgan fingerprint density at radius 2 is 1.88 bits per heavy atom. The molecule has 2 saturated heterocycles. The Hall–Kier alpha value is -4.78. The van der Waals surface area contributed by atoms with Gasteiger partial charge in [0.15, 0.2) is 0 Å². The second-order valence-corrected chi connectivity index (χ2v) is 14.4. The summed E-state index contributed by atoms with van der Waals surface area (Å²) in [6, 6.07) is 13.5. The van der Waals surface area contributed by atoms with Gasteiger partial charge in [-0.15, -0.1) is 0 Å². The summed E-state index contributed by atoms with van der Waals surface area (Å²) in [6.45, 7) is 5.04. The second kappa shape index (κ2) is 13.4. The first-order valence-corrected chi connectivity index (χ1v) is 17.6. The van der Waals surface area contributed by atoms with Crippen LogP contribution < -0.4 is 26.6 Å². The summed E-state index contributed by atoms with van der Waals surface area (Å²) < 4.78 is 7.91. The van der Waals surface area contributed by atoms with Crippen LogP contribution in [0.3, 0.4) is 0 Å². The molecule has 0 saturated carbocycles. The number of nitrogens with zero attached hydrogens (tertiary/aromatic N) is 4. The SMILES string of the molecule is COc1nc(-c2cccc(-c3cccc(NC(=O)c4cn(C[C@H](C)O)c(=O)n(C)c4=O)c3C)c2Cl)cc2c1[C@@H](N1CC[C@@]3(CCC(=O)N3)C1)CC2. The van der Waals surface area contributed by atoms with Crippen LogP contribution in [0.2, 0.25) is 5.02 Å². The van der Waals surface area contributed by atoms with E-state index in [1.54, 1.807) is 19.2 Å². The molecule has 2 amide bonds. The van der Waals surface area contributed by atoms with Crippen LogP contribution in [0.25, 0.3) is 22.4 Å². The number of aromatic nitrogens is 3. The van der Waals surface area contributed by atoms with Crippen molar-refractivity contribution < 1.29 is 19.4 Å². The van der Waals surface area contributed by atoms with E-state index in [0.717, 1.165) is 75.7 Å². The zero-order chi connectivity index (χ0) is 36.2. The number of likely N-dealkylation sites (tertiary alicyclic amines) is 1. The van der Waals surface area contributed by atoms with Crippen LogP contribution in [0.5, 0.6) is 5.88 Å². The Morgan fingerprint density at radius 3 is 2.61 bits per heavy atom. The summed E-state index contributed by atoms with van der Waals surface area (Å²) in [4.78, 5) is 58.3. The molecule has 12 nitrogen and oxygen atoms in total. The van der Waals surface area contributed by atoms with Crippen LogP contribution in [-0.2, 0) is 24.8 Å². The highest BCUT2D eigenvalue weighted by molar-refractivity contribution is 6.36. The standard InChI is InChI=1S/C38H41ClN6O6/c1-21(46)18-45-19-27(36(49)43(3)37(45)50)34(48)40-28-10-6-7-24(22(28)2)25-8-5-9-26(33(25)39)29-17-23-11-12-30(32(23)35(41-29)51-4)44-16-15-38(20-44)14-13-31(47)42-38/h5-10,17,19,21,30,46H,11-16,18,20H2,1-4H3,(H,40,48)(H,42,47)/t21-,30-,38-/m0/s1. The van der Waals surface area contributed by atoms with Gasteiger partial charge in [-0.1, -0.05) is 41.9 Å². The molecule has 2 aromatic carbocycles. The molecule has 51 heavy (non-hydrogen) atoms. The van der Waals surface area contributed by atoms with E-state index in [9.17, 15) is 24.3 Å². The molecule has 0 radical (unpaired) electrons. The number of carbonyl (C=O) groups excluding carboxylic acids is 2. The van der Waals surface area contributed by atoms with Gasteiger partial charge in [-0.05, 0) is 68.4 Å². The molecular formula is C38H41ClN6O6. The van der Waals surface area contributed by atoms with Gasteiger partial charge in [-0.3, -0.25) is 28.4 Å². The summed E-state index contributed by atoms with van der Waals surface area (Å²) in [7, 11) is 2.94. The second-order valence-electron chi connectivity index (χ2n) is 14.0. The van der Waals surface area contributed by atoms with Gasteiger partial charge in [-0.2, -0.15) is 0 Å². The van der Waals surface area contributed by atoms with Gasteiger partial charge < -0.3 is 20.5 Å². The number of carbonyl (C=O) groups is 2. The van der Waals surface area contributed by atoms with Crippen molar-refractivity contribution in [3.8, 4) is 28.3 Å². The smallest absolute Gasteiger partial charge is 0.330 e. The molecule has 2 aromatic heterocycles. The predicted octanol–water partition coefficient (Wildman–Crippen LogP) is 4.22. The Bertz CT molecular complexity index is 2190. The number of hydrogen-bond acceptors (Lipinski definition) is 8. The van der Waals surface area contributed by atoms with E-state index >= 15 is 0 Å². The average Bonchev–Trinajstić information content (AvgIpc) is 3.83. The summed E-state index contributed by atoms with van der Waals surface area (Å²) in [5.74, 6) is 0.0364. The first-order valence-electron chi connectivity index (χ1n) is 17.2. The normalized spacial score (nSPS) is 20.4. The fourth-order valence-electron chi connectivity index (χ4n) is 7.98. The fraction of sp³-hybridized carbons (Fsp3) is 0.395. The Morgan fingerprint density at radius 1 is 1.14 bits per heavy atom. The Labute approximate surface area is 300 Å². The number of amides is 2. The maximum absolute atomic E-state index is 13.4. The summed E-state index contributed by atoms with van der Waals surface area (Å²) in [5, 5.41) is 16.4. The molecule has 13 heteroatoms. The third-order valence-electron chi connectivity index (χ3n) is 10.6. The number of aryl methyl sites for hydroxylation is 1. The minimum Gasteiger partial charge on any atom is -0.481 e. The number of anilines is 1. The molecule has 1 spiro atoms. The van der Waals surface area contributed by atoms with Gasteiger partial charge in [0.2, 0.25) is 11.8 Å². The van der Waals surface area contributed by atoms with E-state index in [4.69, 9.17) is 21.3 Å². The zero-order valence-corrected chi connectivity index (χ0v) is 29.8. The van der Waals surface area contributed by atoms with Crippen molar-refractivity contribution >= 4 is 29.1 Å². The van der Waals surface area contributed by atoms with E-state index in [0.29, 0.717) is 28.7 Å². The Kier molecular flexibility index (Phi) is 9.11. The minimum atomic E-state index is -0.855. The van der Waals surface area contributed by atoms with E-state index in [2.05, 4.69) is 21.6 Å². The molecule has 3 aliphatic rings. The molecule has 0 bridgehead atoms. The third-order valence-corrected chi connectivity index (χ3v) is 11.0. The fourth-order valence-corrected chi connectivity index (χ4v) is 8.30. The van der Waals surface area contributed by atoms with Gasteiger partial charge in [-0.25, -0.2) is 9.78 Å². The zero-order valence-electron chi connectivity index (χ0n) is 29.1. The quantitative estimate of drug-likeness (QED) is 0.246. The highest BCUT2D eigenvalue weighted by Gasteiger charge is 2.46. The van der Waals surface area contributed by atoms with Gasteiger partial charge in [0.05, 0.1) is 36.0 Å². The van der Waals surface area contributed by atoms with Crippen LogP contribution in [0.15, 0.2) is 58.3 Å². The van der Waals surface area contributed by atoms with Crippen LogP contribution in [0, 0.1) is 6.92 Å². The number of fused-ring (bicyclic) bond motifs is 1. The number of hydrogen-bond donors (Lipinski definition) is 3. The lowest BCUT2D eigenvalue weighted by Crippen LogP contribution is -2.44. The highest BCUT2D eigenvalue weighted by atomic mass is 35.5. The summed E-state index contributed by atoms with van der Waals surface area (Å²) >= 11 is 7.17. The Balaban J connectivity index is 1.18. The van der Waals surface area contributed by atoms with E-state index in [-0.39, 0.29) is 29.6 Å². The van der Waals surface area contributed by atoms with E-state index in [1.807, 2.05) is 31.2 Å². The lowest BCUT2D eigenvalue weighted by molar-refractivity contribution is -0.119. The molecule has 3 N–H and O–H groups in total. The molecule has 4 aromatic rings. The van der Waals surface area contributed by atoms with Gasteiger partial charge in [0, 0.05) is 61.2 Å². The number of pyridine rings is 1. The monoisotopic (exact) mass is 712 g/mol. The number of aliphatic hydroxyl groups excluding tert-OH is 1. The van der Waals surface area contributed by atoms with Crippen LogP contribution in [0.4, 0.5) is 5.69 Å². The van der Waals surface area contributed by atoms with Crippen LogP contribution in [0.1, 0.15) is 65.7 Å². The number of halogens is 1. The summed E-state index contributed by atoms with van der Waals surface area (Å²) in [6.07, 6.45) is 4.56. The van der Waals surface area contributed by atoms with Crippen LogP contribution >= 0.6 is 11.6 Å².